The van der Waals surface area contributed by atoms with Crippen LogP contribution < -0.4 is 15.5 Å². The number of piperazine rings is 1. The molecule has 0 amide bonds. The molecule has 1 aromatic heterocycles. The van der Waals surface area contributed by atoms with Crippen molar-refractivity contribution in [2.24, 2.45) is 9.98 Å². The molecule has 0 aliphatic carbocycles. The van der Waals surface area contributed by atoms with Crippen LogP contribution in [0, 0.1) is 0 Å². The summed E-state index contributed by atoms with van der Waals surface area (Å²) >= 11 is 0. The molecule has 3 aromatic rings. The van der Waals surface area contributed by atoms with Crippen molar-refractivity contribution in [2.45, 2.75) is 37.8 Å². The van der Waals surface area contributed by atoms with Crippen LogP contribution in [0.2, 0.25) is 0 Å². The van der Waals surface area contributed by atoms with Crippen molar-refractivity contribution >= 4 is 53.0 Å². The van der Waals surface area contributed by atoms with Crippen LogP contribution in [-0.2, 0) is 11.1 Å². The summed E-state index contributed by atoms with van der Waals surface area (Å²) in [5.41, 5.74) is 5.85. The van der Waals surface area contributed by atoms with Crippen molar-refractivity contribution in [1.29, 1.82) is 0 Å². The number of aliphatic imine (C=N–C) groups is 2. The normalized spacial score (nSPS) is 22.6. The fraction of sp³-hybridized carbons (Fsp3) is 0.514. The highest BCUT2D eigenvalue weighted by Crippen LogP contribution is 2.42. The lowest BCUT2D eigenvalue weighted by atomic mass is 9.84. The fourth-order valence-electron chi connectivity index (χ4n) is 6.41. The van der Waals surface area contributed by atoms with Crippen LogP contribution in [0.3, 0.4) is 0 Å². The maximum absolute atomic E-state index is 4.95. The molecule has 6 rings (SSSR count). The fourth-order valence-corrected chi connectivity index (χ4v) is 6.41. The molecule has 0 bridgehead atoms. The minimum Gasteiger partial charge on any atom is -0.338 e. The van der Waals surface area contributed by atoms with Gasteiger partial charge in [0.25, 0.3) is 0 Å². The zero-order chi connectivity index (χ0) is 33.3. The summed E-state index contributed by atoms with van der Waals surface area (Å²) in [5.74, 6) is 1.66. The number of likely N-dealkylation sites (N-methyl/N-ethyl adjacent to an activating group) is 1. The van der Waals surface area contributed by atoms with Gasteiger partial charge in [-0.1, -0.05) is 0 Å². The van der Waals surface area contributed by atoms with Gasteiger partial charge in [0.1, 0.15) is 0 Å². The van der Waals surface area contributed by atoms with Crippen LogP contribution in [0.1, 0.15) is 37.8 Å². The third-order valence-electron chi connectivity index (χ3n) is 10.2. The van der Waals surface area contributed by atoms with Crippen LogP contribution in [0.25, 0.3) is 0 Å². The summed E-state index contributed by atoms with van der Waals surface area (Å²) in [6, 6.07) is 12.6. The minimum absolute atomic E-state index is 0.157. The molecule has 2 atom stereocenters. The highest BCUT2D eigenvalue weighted by Gasteiger charge is 2.34. The van der Waals surface area contributed by atoms with E-state index >= 15 is 0 Å². The van der Waals surface area contributed by atoms with Gasteiger partial charge in [-0.3, -0.25) is 24.7 Å². The van der Waals surface area contributed by atoms with Crippen LogP contribution in [-0.4, -0.2) is 129 Å². The molecule has 0 radical (unpaired) electrons. The summed E-state index contributed by atoms with van der Waals surface area (Å²) in [4.78, 5) is 35.7. The third kappa shape index (κ3) is 6.87. The quantitative estimate of drug-likeness (QED) is 0.322. The monoisotopic (exact) mass is 638 g/mol. The molecule has 12 heteroatoms. The molecule has 1 saturated heterocycles. The summed E-state index contributed by atoms with van der Waals surface area (Å²) in [6.07, 6.45) is 5.72. The molecule has 3 aliphatic rings. The summed E-state index contributed by atoms with van der Waals surface area (Å²) in [6.45, 7) is 10.3. The summed E-state index contributed by atoms with van der Waals surface area (Å²) < 4.78 is 0. The van der Waals surface area contributed by atoms with Crippen LogP contribution >= 0.6 is 0 Å². The Bertz CT molecular complexity index is 1540. The van der Waals surface area contributed by atoms with Gasteiger partial charge in [-0.15, -0.1) is 0 Å². The predicted octanol–water partition coefficient (Wildman–Crippen LogP) is 4.81. The molecule has 1 fully saturated rings. The van der Waals surface area contributed by atoms with E-state index in [2.05, 4.69) is 126 Å². The molecular weight excluding hydrogens is 588 g/mol. The Hall–Kier alpha value is -3.97. The van der Waals surface area contributed by atoms with Crippen LogP contribution in [0.15, 0.2) is 46.4 Å². The maximum atomic E-state index is 4.95. The number of hydrogen-bond acceptors (Lipinski definition) is 12. The van der Waals surface area contributed by atoms with Crippen molar-refractivity contribution in [3.8, 4) is 0 Å². The lowest BCUT2D eigenvalue weighted by Crippen LogP contribution is -2.48. The number of rotatable bonds is 10. The van der Waals surface area contributed by atoms with Crippen molar-refractivity contribution in [2.75, 3.05) is 97.1 Å². The van der Waals surface area contributed by atoms with Gasteiger partial charge in [0.05, 0.1) is 11.4 Å². The van der Waals surface area contributed by atoms with Crippen molar-refractivity contribution in [1.82, 2.24) is 34.6 Å². The van der Waals surface area contributed by atoms with Crippen LogP contribution in [0.4, 0.5) is 40.6 Å². The SMILES string of the molecule is CN(C)CCN1CCN(c2nc(Nc3ccc4c(c3)C(C)(N(C)C)CC=N4)nc(Nc3ccc4c(c3)C(C)(N(C)C)CC=N4)n2)CC1. The lowest BCUT2D eigenvalue weighted by Gasteiger charge is -2.39. The van der Waals surface area contributed by atoms with Crippen molar-refractivity contribution in [3.05, 3.63) is 47.5 Å². The number of benzene rings is 2. The van der Waals surface area contributed by atoms with Gasteiger partial charge in [-0.25, -0.2) is 0 Å². The lowest BCUT2D eigenvalue weighted by molar-refractivity contribution is 0.183. The Morgan fingerprint density at radius 1 is 0.681 bits per heavy atom. The Morgan fingerprint density at radius 3 is 1.62 bits per heavy atom. The summed E-state index contributed by atoms with van der Waals surface area (Å²) in [7, 11) is 12.7. The zero-order valence-electron chi connectivity index (χ0n) is 29.2. The Morgan fingerprint density at radius 2 is 1.17 bits per heavy atom. The van der Waals surface area contributed by atoms with Gasteiger partial charge in [0.15, 0.2) is 0 Å². The van der Waals surface area contributed by atoms with Crippen molar-refractivity contribution < 1.29 is 0 Å². The average Bonchev–Trinajstić information content (AvgIpc) is 3.04. The molecule has 2 aromatic carbocycles. The Labute approximate surface area is 279 Å². The molecule has 2 unspecified atom stereocenters. The molecule has 4 heterocycles. The molecule has 47 heavy (non-hydrogen) atoms. The van der Waals surface area contributed by atoms with E-state index in [4.69, 9.17) is 15.0 Å². The molecule has 3 aliphatic heterocycles. The first-order chi connectivity index (χ1) is 22.4. The highest BCUT2D eigenvalue weighted by atomic mass is 15.4. The third-order valence-corrected chi connectivity index (χ3v) is 10.2. The number of anilines is 5. The van der Waals surface area contributed by atoms with Crippen LogP contribution in [0.5, 0.6) is 0 Å². The van der Waals surface area contributed by atoms with E-state index in [-0.39, 0.29) is 11.1 Å². The van der Waals surface area contributed by atoms with Gasteiger partial charge in [0.2, 0.25) is 17.8 Å². The second-order valence-corrected chi connectivity index (χ2v) is 14.0. The molecular formula is C35H50N12. The van der Waals surface area contributed by atoms with E-state index < -0.39 is 0 Å². The zero-order valence-corrected chi connectivity index (χ0v) is 29.2. The van der Waals surface area contributed by atoms with E-state index in [1.807, 2.05) is 24.6 Å². The highest BCUT2D eigenvalue weighted by molar-refractivity contribution is 5.76. The second kappa shape index (κ2) is 13.3. The molecule has 250 valence electrons. The smallest absolute Gasteiger partial charge is 0.233 e. The molecule has 0 spiro atoms. The number of aromatic nitrogens is 3. The van der Waals surface area contributed by atoms with Gasteiger partial charge >= 0.3 is 0 Å². The minimum atomic E-state index is -0.157. The van der Waals surface area contributed by atoms with E-state index in [1.54, 1.807) is 0 Å². The van der Waals surface area contributed by atoms with Gasteiger partial charge < -0.3 is 20.4 Å². The summed E-state index contributed by atoms with van der Waals surface area (Å²) in [5, 5.41) is 7.03. The first-order valence-electron chi connectivity index (χ1n) is 16.6. The topological polar surface area (TPSA) is 104 Å². The molecule has 0 saturated carbocycles. The van der Waals surface area contributed by atoms with E-state index in [0.717, 1.165) is 74.9 Å². The van der Waals surface area contributed by atoms with E-state index in [1.165, 1.54) is 11.1 Å². The van der Waals surface area contributed by atoms with Crippen molar-refractivity contribution in [3.63, 3.8) is 0 Å². The largest absolute Gasteiger partial charge is 0.338 e. The Balaban J connectivity index is 1.31. The van der Waals surface area contributed by atoms with Gasteiger partial charge in [-0.05, 0) is 92.5 Å². The maximum Gasteiger partial charge on any atom is 0.233 e. The number of hydrogen-bond donors (Lipinski definition) is 2. The molecule has 12 nitrogen and oxygen atoms in total. The first kappa shape index (κ1) is 33.0. The average molecular weight is 639 g/mol. The predicted molar refractivity (Wildman–Crippen MR) is 194 cm³/mol. The van der Waals surface area contributed by atoms with E-state index in [9.17, 15) is 0 Å². The number of nitrogens with one attached hydrogen (secondary N) is 2. The Kier molecular flexibility index (Phi) is 9.30. The first-order valence-corrected chi connectivity index (χ1v) is 16.6. The standard InChI is InChI=1S/C35H50N12/c1-34(44(5)6)13-15-36-29-11-9-25(23-27(29)34)38-31-40-32(42-33(41-31)47-21-19-46(20-22-47)18-17-43(3)4)39-26-10-12-30-28(24-26)35(2,45(7)8)14-16-37-30/h9-12,15-16,23-24H,13-14,17-22H2,1-8H3,(H2,38,39,40,41,42). The number of fused-ring (bicyclic) bond motifs is 2. The van der Waals surface area contributed by atoms with Gasteiger partial charge in [-0.2, -0.15) is 15.0 Å². The van der Waals surface area contributed by atoms with Gasteiger partial charge in [0, 0.05) is 98.1 Å². The number of nitrogens with zero attached hydrogens (tertiary/aromatic N) is 10. The molecule has 2 N–H and O–H groups in total. The van der Waals surface area contributed by atoms with E-state index in [0.29, 0.717) is 17.8 Å². The second-order valence-electron chi connectivity index (χ2n) is 14.0.